The fourth-order valence-corrected chi connectivity index (χ4v) is 3.07. The first-order valence-electron chi connectivity index (χ1n) is 8.95. The molecule has 2 aromatic carbocycles. The summed E-state index contributed by atoms with van der Waals surface area (Å²) >= 11 is 0. The van der Waals surface area contributed by atoms with Crippen LogP contribution in [0.2, 0.25) is 0 Å². The molecule has 0 radical (unpaired) electrons. The van der Waals surface area contributed by atoms with Crippen LogP contribution < -0.4 is 19.5 Å². The Hall–Kier alpha value is -2.20. The minimum Gasteiger partial charge on any atom is -0.496 e. The molecule has 0 aromatic heterocycles. The lowest BCUT2D eigenvalue weighted by Gasteiger charge is -2.28. The van der Waals surface area contributed by atoms with Gasteiger partial charge in [-0.25, -0.2) is 0 Å². The van der Waals surface area contributed by atoms with Gasteiger partial charge in [-0.3, -0.25) is 0 Å². The van der Waals surface area contributed by atoms with Crippen molar-refractivity contribution in [2.45, 2.75) is 39.8 Å². The zero-order valence-corrected chi connectivity index (χ0v) is 16.8. The number of hydrogen-bond donors (Lipinski definition) is 1. The van der Waals surface area contributed by atoms with Gasteiger partial charge in [-0.05, 0) is 23.5 Å². The second kappa shape index (κ2) is 8.95. The van der Waals surface area contributed by atoms with E-state index in [-0.39, 0.29) is 11.5 Å². The number of ether oxygens (including phenoxy) is 3. The van der Waals surface area contributed by atoms with E-state index in [1.54, 1.807) is 21.3 Å². The van der Waals surface area contributed by atoms with E-state index in [4.69, 9.17) is 14.2 Å². The van der Waals surface area contributed by atoms with Crippen molar-refractivity contribution in [1.82, 2.24) is 5.32 Å². The Morgan fingerprint density at radius 1 is 0.846 bits per heavy atom. The van der Waals surface area contributed by atoms with Crippen molar-refractivity contribution >= 4 is 0 Å². The van der Waals surface area contributed by atoms with Gasteiger partial charge in [0.2, 0.25) is 0 Å². The highest BCUT2D eigenvalue weighted by Gasteiger charge is 2.21. The van der Waals surface area contributed by atoms with Crippen LogP contribution >= 0.6 is 0 Å². The van der Waals surface area contributed by atoms with Gasteiger partial charge in [0.15, 0.2) is 11.5 Å². The molecule has 0 aliphatic rings. The number of hydrogen-bond acceptors (Lipinski definition) is 4. The summed E-state index contributed by atoms with van der Waals surface area (Å²) in [6, 6.07) is 14.7. The molecule has 0 fully saturated rings. The molecule has 0 aliphatic heterocycles. The van der Waals surface area contributed by atoms with Crippen molar-refractivity contribution in [3.05, 3.63) is 53.6 Å². The largest absolute Gasteiger partial charge is 0.496 e. The molecule has 0 amide bonds. The number of nitrogens with one attached hydrogen (secondary N) is 1. The molecule has 1 unspecified atom stereocenters. The molecule has 142 valence electrons. The van der Waals surface area contributed by atoms with E-state index in [2.05, 4.69) is 56.4 Å². The lowest BCUT2D eigenvalue weighted by Crippen LogP contribution is -2.25. The molecule has 1 atom stereocenters. The molecule has 4 heteroatoms. The fourth-order valence-electron chi connectivity index (χ4n) is 3.07. The zero-order chi connectivity index (χ0) is 19.2. The maximum atomic E-state index is 5.55. The van der Waals surface area contributed by atoms with Crippen LogP contribution in [0.1, 0.15) is 44.4 Å². The smallest absolute Gasteiger partial charge is 0.164 e. The molecule has 0 saturated carbocycles. The molecule has 4 nitrogen and oxygen atoms in total. The van der Waals surface area contributed by atoms with Gasteiger partial charge in [0, 0.05) is 24.2 Å². The Balaban J connectivity index is 2.25. The van der Waals surface area contributed by atoms with Gasteiger partial charge < -0.3 is 19.5 Å². The highest BCUT2D eigenvalue weighted by Crippen LogP contribution is 2.35. The van der Waals surface area contributed by atoms with E-state index in [1.165, 1.54) is 5.56 Å². The molecule has 0 heterocycles. The molecule has 2 rings (SSSR count). The van der Waals surface area contributed by atoms with Gasteiger partial charge in [0.25, 0.3) is 0 Å². The third-order valence-corrected chi connectivity index (χ3v) is 4.34. The van der Waals surface area contributed by atoms with Crippen molar-refractivity contribution in [3.8, 4) is 17.2 Å². The first-order chi connectivity index (χ1) is 12.4. The van der Waals surface area contributed by atoms with Crippen LogP contribution in [0.3, 0.4) is 0 Å². The normalized spacial score (nSPS) is 12.5. The van der Waals surface area contributed by atoms with Crippen LogP contribution in [-0.2, 0) is 6.54 Å². The average Bonchev–Trinajstić information content (AvgIpc) is 2.64. The minimum atomic E-state index is 0.217. The highest BCUT2D eigenvalue weighted by molar-refractivity contribution is 5.50. The van der Waals surface area contributed by atoms with Crippen molar-refractivity contribution < 1.29 is 14.2 Å². The van der Waals surface area contributed by atoms with Crippen LogP contribution in [0, 0.1) is 5.41 Å². The molecule has 26 heavy (non-hydrogen) atoms. The van der Waals surface area contributed by atoms with E-state index in [1.807, 2.05) is 12.1 Å². The van der Waals surface area contributed by atoms with Gasteiger partial charge >= 0.3 is 0 Å². The molecular formula is C22H31NO3. The summed E-state index contributed by atoms with van der Waals surface area (Å²) in [5.41, 5.74) is 2.55. The zero-order valence-electron chi connectivity index (χ0n) is 16.8. The van der Waals surface area contributed by atoms with Gasteiger partial charge in [-0.2, -0.15) is 0 Å². The average molecular weight is 357 g/mol. The number of benzene rings is 2. The highest BCUT2D eigenvalue weighted by atomic mass is 16.5. The minimum absolute atomic E-state index is 0.217. The van der Waals surface area contributed by atoms with Crippen LogP contribution in [-0.4, -0.2) is 21.3 Å². The summed E-state index contributed by atoms with van der Waals surface area (Å²) in [5.74, 6) is 2.16. The molecule has 0 aliphatic carbocycles. The predicted molar refractivity (Wildman–Crippen MR) is 106 cm³/mol. The molecule has 0 spiro atoms. The van der Waals surface area contributed by atoms with Gasteiger partial charge in [-0.1, -0.05) is 51.1 Å². The lowest BCUT2D eigenvalue weighted by molar-refractivity contribution is 0.308. The second-order valence-corrected chi connectivity index (χ2v) is 7.63. The summed E-state index contributed by atoms with van der Waals surface area (Å²) in [4.78, 5) is 0. The molecule has 0 saturated heterocycles. The van der Waals surface area contributed by atoms with Crippen LogP contribution in [0.15, 0.2) is 42.5 Å². The number of rotatable bonds is 8. The van der Waals surface area contributed by atoms with E-state index in [0.717, 1.165) is 17.7 Å². The molecular weight excluding hydrogens is 326 g/mol. The monoisotopic (exact) mass is 357 g/mol. The molecule has 2 aromatic rings. The molecule has 0 bridgehead atoms. The lowest BCUT2D eigenvalue weighted by atomic mass is 9.85. The van der Waals surface area contributed by atoms with Crippen LogP contribution in [0.5, 0.6) is 17.2 Å². The van der Waals surface area contributed by atoms with E-state index < -0.39 is 0 Å². The summed E-state index contributed by atoms with van der Waals surface area (Å²) in [6.07, 6.45) is 1.03. The number of methoxy groups -OCH3 is 3. The maximum absolute atomic E-state index is 5.55. The Labute approximate surface area is 157 Å². The van der Waals surface area contributed by atoms with E-state index in [9.17, 15) is 0 Å². The maximum Gasteiger partial charge on any atom is 0.164 e. The summed E-state index contributed by atoms with van der Waals surface area (Å²) in [5, 5.41) is 3.70. The van der Waals surface area contributed by atoms with Crippen molar-refractivity contribution in [3.63, 3.8) is 0 Å². The first kappa shape index (κ1) is 20.1. The van der Waals surface area contributed by atoms with Gasteiger partial charge in [0.05, 0.1) is 21.3 Å². The van der Waals surface area contributed by atoms with Crippen LogP contribution in [0.25, 0.3) is 0 Å². The summed E-state index contributed by atoms with van der Waals surface area (Å²) in [6.45, 7) is 7.48. The van der Waals surface area contributed by atoms with Crippen molar-refractivity contribution in [2.75, 3.05) is 21.3 Å². The van der Waals surface area contributed by atoms with Crippen molar-refractivity contribution in [1.29, 1.82) is 0 Å². The van der Waals surface area contributed by atoms with Crippen LogP contribution in [0.4, 0.5) is 0 Å². The Morgan fingerprint density at radius 2 is 1.42 bits per heavy atom. The Morgan fingerprint density at radius 3 is 1.96 bits per heavy atom. The third-order valence-electron chi connectivity index (χ3n) is 4.34. The van der Waals surface area contributed by atoms with E-state index in [0.29, 0.717) is 18.0 Å². The fraction of sp³-hybridized carbons (Fsp3) is 0.455. The second-order valence-electron chi connectivity index (χ2n) is 7.63. The SMILES string of the molecule is COc1cc(OC)c(OC)cc1CNC(CC(C)(C)C)c1ccccc1. The Bertz CT molecular complexity index is 693. The topological polar surface area (TPSA) is 39.7 Å². The Kier molecular flexibility index (Phi) is 6.92. The van der Waals surface area contributed by atoms with Gasteiger partial charge in [-0.15, -0.1) is 0 Å². The summed E-state index contributed by atoms with van der Waals surface area (Å²) in [7, 11) is 4.95. The third kappa shape index (κ3) is 5.40. The predicted octanol–water partition coefficient (Wildman–Crippen LogP) is 4.98. The quantitative estimate of drug-likeness (QED) is 0.723. The van der Waals surface area contributed by atoms with E-state index >= 15 is 0 Å². The molecule has 1 N–H and O–H groups in total. The standard InChI is InChI=1S/C22H31NO3/c1-22(2,3)14-18(16-10-8-7-9-11-16)23-15-17-12-20(25-5)21(26-6)13-19(17)24-4/h7-13,18,23H,14-15H2,1-6H3. The van der Waals surface area contributed by atoms with Gasteiger partial charge in [0.1, 0.15) is 5.75 Å². The first-order valence-corrected chi connectivity index (χ1v) is 8.95. The van der Waals surface area contributed by atoms with Crippen molar-refractivity contribution in [2.24, 2.45) is 5.41 Å². The summed E-state index contributed by atoms with van der Waals surface area (Å²) < 4.78 is 16.4.